The molecule has 2 rings (SSSR count). The maximum absolute atomic E-state index is 14.0. The summed E-state index contributed by atoms with van der Waals surface area (Å²) in [5.41, 5.74) is -0.140. The molecule has 0 spiro atoms. The number of carboxylic acid groups (broad SMARTS) is 1. The number of nitrogens with zero attached hydrogens (tertiary/aromatic N) is 1. The Bertz CT molecular complexity index is 445. The number of hydrogen-bond donors (Lipinski definition) is 2. The van der Waals surface area contributed by atoms with Crippen molar-refractivity contribution in [3.63, 3.8) is 0 Å². The number of rotatable bonds is 2. The molecule has 4 nitrogen and oxygen atoms in total. The van der Waals surface area contributed by atoms with E-state index >= 15 is 0 Å². The molecule has 1 saturated heterocycles. The van der Waals surface area contributed by atoms with Crippen molar-refractivity contribution in [3.8, 4) is 0 Å². The zero-order valence-electron chi connectivity index (χ0n) is 10.3. The van der Waals surface area contributed by atoms with Gasteiger partial charge in [0, 0.05) is 13.0 Å². The highest BCUT2D eigenvalue weighted by atomic mass is 19.1. The largest absolute Gasteiger partial charge is 0.478 e. The Kier molecular flexibility index (Phi) is 3.36. The summed E-state index contributed by atoms with van der Waals surface area (Å²) in [6.45, 7) is 2.08. The van der Waals surface area contributed by atoms with Gasteiger partial charge in [-0.2, -0.15) is 0 Å². The van der Waals surface area contributed by atoms with Crippen LogP contribution in [-0.2, 0) is 0 Å². The van der Waals surface area contributed by atoms with Gasteiger partial charge in [0.05, 0.1) is 11.6 Å². The summed E-state index contributed by atoms with van der Waals surface area (Å²) in [5.74, 6) is 4.91. The highest BCUT2D eigenvalue weighted by molar-refractivity contribution is 5.87. The number of carboxylic acids is 1. The summed E-state index contributed by atoms with van der Waals surface area (Å²) in [6, 6.07) is 6.26. The number of halogens is 1. The van der Waals surface area contributed by atoms with Gasteiger partial charge in [0.2, 0.25) is 0 Å². The van der Waals surface area contributed by atoms with Crippen molar-refractivity contribution in [2.75, 3.05) is 6.54 Å². The second-order valence-corrected chi connectivity index (χ2v) is 5.05. The second kappa shape index (κ2) is 4.66. The minimum atomic E-state index is -1.22. The van der Waals surface area contributed by atoms with Gasteiger partial charge >= 0.3 is 5.97 Å². The summed E-state index contributed by atoms with van der Waals surface area (Å²) in [7, 11) is 0. The van der Waals surface area contributed by atoms with Gasteiger partial charge in [0.15, 0.2) is 0 Å². The Morgan fingerprint density at radius 3 is 2.67 bits per heavy atom. The number of carbonyl (C=O) groups is 1. The molecular weight excluding hydrogens is 235 g/mol. The third-order valence-electron chi connectivity index (χ3n) is 3.45. The fraction of sp³-hybridized carbons (Fsp3) is 0.462. The molecule has 98 valence electrons. The number of alkyl halides is 1. The number of aromatic carboxylic acids is 1. The van der Waals surface area contributed by atoms with E-state index in [1.807, 2.05) is 0 Å². The third-order valence-corrected chi connectivity index (χ3v) is 3.45. The van der Waals surface area contributed by atoms with E-state index in [0.29, 0.717) is 19.4 Å². The number of hydrogen-bond acceptors (Lipinski definition) is 3. The quantitative estimate of drug-likeness (QED) is 0.791. The lowest BCUT2D eigenvalue weighted by atomic mass is 9.87. The van der Waals surface area contributed by atoms with E-state index in [-0.39, 0.29) is 11.6 Å². The van der Waals surface area contributed by atoms with Crippen LogP contribution < -0.4 is 5.84 Å². The number of nitrogens with two attached hydrogens (primary N) is 1. The molecule has 0 bridgehead atoms. The van der Waals surface area contributed by atoms with Crippen molar-refractivity contribution in [1.82, 2.24) is 5.01 Å². The van der Waals surface area contributed by atoms with Crippen molar-refractivity contribution in [1.29, 1.82) is 0 Å². The van der Waals surface area contributed by atoms with Gasteiger partial charge in [0.1, 0.15) is 5.67 Å². The monoisotopic (exact) mass is 252 g/mol. The van der Waals surface area contributed by atoms with E-state index in [2.05, 4.69) is 0 Å². The molecule has 2 unspecified atom stereocenters. The van der Waals surface area contributed by atoms with E-state index in [1.54, 1.807) is 24.1 Å². The lowest BCUT2D eigenvalue weighted by Crippen LogP contribution is -2.46. The first kappa shape index (κ1) is 13.0. The molecule has 3 N–H and O–H groups in total. The molecule has 1 aromatic rings. The van der Waals surface area contributed by atoms with Gasteiger partial charge < -0.3 is 5.11 Å². The Balaban J connectivity index is 2.21. The number of piperidine rings is 1. The highest BCUT2D eigenvalue weighted by Crippen LogP contribution is 2.36. The van der Waals surface area contributed by atoms with Crippen LogP contribution in [-0.4, -0.2) is 28.3 Å². The first-order chi connectivity index (χ1) is 8.39. The molecule has 1 aromatic carbocycles. The Morgan fingerprint density at radius 1 is 1.50 bits per heavy atom. The van der Waals surface area contributed by atoms with Gasteiger partial charge in [-0.1, -0.05) is 12.1 Å². The zero-order valence-corrected chi connectivity index (χ0v) is 10.3. The fourth-order valence-corrected chi connectivity index (χ4v) is 2.30. The first-order valence-electron chi connectivity index (χ1n) is 5.92. The van der Waals surface area contributed by atoms with Gasteiger partial charge in [-0.3, -0.25) is 5.84 Å². The molecule has 0 aliphatic carbocycles. The second-order valence-electron chi connectivity index (χ2n) is 5.05. The third kappa shape index (κ3) is 2.68. The average Bonchev–Trinajstić information content (AvgIpc) is 2.32. The number of benzene rings is 1. The molecule has 1 aliphatic heterocycles. The first-order valence-corrected chi connectivity index (χ1v) is 5.92. The van der Waals surface area contributed by atoms with E-state index in [4.69, 9.17) is 10.9 Å². The van der Waals surface area contributed by atoms with Crippen LogP contribution in [0.25, 0.3) is 0 Å². The molecule has 1 aliphatic rings. The molecular formula is C13H17FN2O2. The van der Waals surface area contributed by atoms with Crippen LogP contribution in [0.4, 0.5) is 4.39 Å². The Hall–Kier alpha value is -1.46. The van der Waals surface area contributed by atoms with Crippen LogP contribution in [0.5, 0.6) is 0 Å². The molecule has 1 heterocycles. The summed E-state index contributed by atoms with van der Waals surface area (Å²) < 4.78 is 14.0. The van der Waals surface area contributed by atoms with Crippen molar-refractivity contribution < 1.29 is 14.3 Å². The summed E-state index contributed by atoms with van der Waals surface area (Å²) in [6.07, 6.45) is 0.753. The zero-order chi connectivity index (χ0) is 13.3. The summed E-state index contributed by atoms with van der Waals surface area (Å²) in [5, 5.41) is 10.4. The van der Waals surface area contributed by atoms with Crippen molar-refractivity contribution in [3.05, 3.63) is 35.4 Å². The topological polar surface area (TPSA) is 66.6 Å². The van der Waals surface area contributed by atoms with Gasteiger partial charge in [-0.25, -0.2) is 14.2 Å². The van der Waals surface area contributed by atoms with Crippen LogP contribution in [0.15, 0.2) is 24.3 Å². The number of hydrazine groups is 1. The minimum absolute atomic E-state index is 0.198. The maximum atomic E-state index is 14.0. The van der Waals surface area contributed by atoms with Crippen LogP contribution >= 0.6 is 0 Å². The lowest BCUT2D eigenvalue weighted by molar-refractivity contribution is 0.0287. The van der Waals surface area contributed by atoms with Crippen molar-refractivity contribution in [2.45, 2.75) is 31.5 Å². The fourth-order valence-electron chi connectivity index (χ4n) is 2.30. The predicted octanol–water partition coefficient (Wildman–Crippen LogP) is 2.12. The highest BCUT2D eigenvalue weighted by Gasteiger charge is 2.36. The smallest absolute Gasteiger partial charge is 0.335 e. The lowest BCUT2D eigenvalue weighted by Gasteiger charge is -2.38. The SMILES string of the molecule is CC1(F)CCN(N)C(c2ccc(C(=O)O)cc2)C1. The molecule has 0 amide bonds. The molecule has 5 heteroatoms. The standard InChI is InChI=1S/C13H17FN2O2/c1-13(14)6-7-16(15)11(8-13)9-2-4-10(5-3-9)12(17)18/h2-5,11H,6-8,15H2,1H3,(H,17,18). The van der Waals surface area contributed by atoms with E-state index in [0.717, 1.165) is 5.56 Å². The Morgan fingerprint density at radius 2 is 2.11 bits per heavy atom. The van der Waals surface area contributed by atoms with Crippen LogP contribution in [0.3, 0.4) is 0 Å². The van der Waals surface area contributed by atoms with E-state index in [1.165, 1.54) is 12.1 Å². The molecule has 0 aromatic heterocycles. The van der Waals surface area contributed by atoms with Crippen molar-refractivity contribution in [2.24, 2.45) is 5.84 Å². The van der Waals surface area contributed by atoms with Crippen molar-refractivity contribution >= 4 is 5.97 Å². The van der Waals surface area contributed by atoms with Gasteiger partial charge in [0.25, 0.3) is 0 Å². The normalized spacial score (nSPS) is 29.2. The van der Waals surface area contributed by atoms with Crippen LogP contribution in [0.1, 0.15) is 41.7 Å². The van der Waals surface area contributed by atoms with E-state index < -0.39 is 11.6 Å². The average molecular weight is 252 g/mol. The van der Waals surface area contributed by atoms with Crippen LogP contribution in [0, 0.1) is 0 Å². The predicted molar refractivity (Wildman–Crippen MR) is 65.8 cm³/mol. The van der Waals surface area contributed by atoms with Gasteiger partial charge in [-0.15, -0.1) is 0 Å². The molecule has 0 saturated carbocycles. The summed E-state index contributed by atoms with van der Waals surface area (Å²) >= 11 is 0. The van der Waals surface area contributed by atoms with E-state index in [9.17, 15) is 9.18 Å². The molecule has 1 fully saturated rings. The molecule has 18 heavy (non-hydrogen) atoms. The Labute approximate surface area is 105 Å². The maximum Gasteiger partial charge on any atom is 0.335 e. The minimum Gasteiger partial charge on any atom is -0.478 e. The molecule has 0 radical (unpaired) electrons. The van der Waals surface area contributed by atoms with Crippen LogP contribution in [0.2, 0.25) is 0 Å². The molecule has 2 atom stereocenters. The summed E-state index contributed by atoms with van der Waals surface area (Å²) in [4.78, 5) is 10.8. The van der Waals surface area contributed by atoms with Gasteiger partial charge in [-0.05, 0) is 31.0 Å².